The lowest BCUT2D eigenvalue weighted by molar-refractivity contribution is -0.144. The smallest absolute Gasteiger partial charge is 0.166 e. The second-order valence-corrected chi connectivity index (χ2v) is 4.51. The van der Waals surface area contributed by atoms with E-state index < -0.39 is 39.4 Å². The lowest BCUT2D eigenvalue weighted by Crippen LogP contribution is -2.17. The summed E-state index contributed by atoms with van der Waals surface area (Å²) in [5.41, 5.74) is -4.58. The Morgan fingerprint density at radius 2 is 1.56 bits per heavy atom. The molecule has 101 valence electrons. The molecule has 1 rings (SSSR count). The van der Waals surface area contributed by atoms with Crippen LogP contribution in [0.5, 0.6) is 0 Å². The Kier molecular flexibility index (Phi) is 4.13. The van der Waals surface area contributed by atoms with Crippen molar-refractivity contribution in [3.8, 4) is 0 Å². The maximum absolute atomic E-state index is 12.7. The summed E-state index contributed by atoms with van der Waals surface area (Å²) in [7, 11) is 0. The standard InChI is InChI=1S/C10H5Cl2F6/c1-4-6(9(13,14)15)3-2-5(8(11)12)7(4)10(16,17)18/h3,8H,1H3. The SMILES string of the molecule is Cc1c(C(F)(F)F)c[c]c(C(Cl)Cl)c1C(F)(F)F. The van der Waals surface area contributed by atoms with Gasteiger partial charge in [-0.05, 0) is 24.6 Å². The molecule has 0 heterocycles. The van der Waals surface area contributed by atoms with E-state index in [0.29, 0.717) is 6.07 Å². The first-order valence-electron chi connectivity index (χ1n) is 4.44. The van der Waals surface area contributed by atoms with Crippen molar-refractivity contribution in [2.75, 3.05) is 0 Å². The Bertz CT molecular complexity index is 447. The van der Waals surface area contributed by atoms with Gasteiger partial charge in [0.05, 0.1) is 11.1 Å². The van der Waals surface area contributed by atoms with Crippen LogP contribution in [0.25, 0.3) is 0 Å². The van der Waals surface area contributed by atoms with Gasteiger partial charge in [0.1, 0.15) is 4.84 Å². The molecule has 0 saturated carbocycles. The predicted molar refractivity (Wildman–Crippen MR) is 54.5 cm³/mol. The average Bonchev–Trinajstić information content (AvgIpc) is 2.12. The Morgan fingerprint density at radius 3 is 1.89 bits per heavy atom. The normalized spacial score (nSPS) is 13.2. The lowest BCUT2D eigenvalue weighted by atomic mass is 9.96. The van der Waals surface area contributed by atoms with Crippen molar-refractivity contribution >= 4 is 23.2 Å². The van der Waals surface area contributed by atoms with Crippen LogP contribution in [-0.4, -0.2) is 0 Å². The third kappa shape index (κ3) is 3.03. The molecule has 0 nitrogen and oxygen atoms in total. The number of alkyl halides is 8. The van der Waals surface area contributed by atoms with Crippen LogP contribution in [0.1, 0.15) is 27.1 Å². The lowest BCUT2D eigenvalue weighted by Gasteiger charge is -2.19. The summed E-state index contributed by atoms with van der Waals surface area (Å²) in [6, 6.07) is 2.27. The minimum absolute atomic E-state index is 0.414. The summed E-state index contributed by atoms with van der Waals surface area (Å²) in [5.74, 6) is 0. The van der Waals surface area contributed by atoms with E-state index in [0.717, 1.165) is 6.92 Å². The average molecular weight is 310 g/mol. The van der Waals surface area contributed by atoms with Gasteiger partial charge < -0.3 is 0 Å². The molecule has 0 amide bonds. The summed E-state index contributed by atoms with van der Waals surface area (Å²) in [4.78, 5) is -1.61. The fraction of sp³-hybridized carbons (Fsp3) is 0.400. The maximum atomic E-state index is 12.7. The summed E-state index contributed by atoms with van der Waals surface area (Å²) in [6.45, 7) is 0.721. The van der Waals surface area contributed by atoms with Crippen LogP contribution in [-0.2, 0) is 12.4 Å². The van der Waals surface area contributed by atoms with E-state index in [9.17, 15) is 26.3 Å². The van der Waals surface area contributed by atoms with Crippen molar-refractivity contribution in [2.45, 2.75) is 24.1 Å². The molecule has 0 aromatic heterocycles. The first kappa shape index (κ1) is 15.4. The van der Waals surface area contributed by atoms with Crippen LogP contribution in [0.4, 0.5) is 26.3 Å². The van der Waals surface area contributed by atoms with Crippen molar-refractivity contribution < 1.29 is 26.3 Å². The molecular formula is C10H5Cl2F6. The molecule has 0 atom stereocenters. The summed E-state index contributed by atoms with van der Waals surface area (Å²) < 4.78 is 75.7. The molecule has 0 aliphatic carbocycles. The Morgan fingerprint density at radius 1 is 1.06 bits per heavy atom. The first-order valence-corrected chi connectivity index (χ1v) is 5.31. The van der Waals surface area contributed by atoms with E-state index in [1.807, 2.05) is 6.07 Å². The second kappa shape index (κ2) is 4.81. The number of halogens is 8. The summed E-state index contributed by atoms with van der Waals surface area (Å²) in [6.07, 6.45) is -9.88. The van der Waals surface area contributed by atoms with Crippen molar-refractivity contribution in [1.82, 2.24) is 0 Å². The Balaban J connectivity index is 3.61. The highest BCUT2D eigenvalue weighted by atomic mass is 35.5. The predicted octanol–water partition coefficient (Wildman–Crippen LogP) is 5.31. The first-order chi connectivity index (χ1) is 7.96. The van der Waals surface area contributed by atoms with Crippen LogP contribution in [0.15, 0.2) is 6.07 Å². The van der Waals surface area contributed by atoms with Gasteiger partial charge in [0, 0.05) is 5.56 Å². The fourth-order valence-electron chi connectivity index (χ4n) is 1.50. The highest BCUT2D eigenvalue weighted by Crippen LogP contribution is 2.43. The maximum Gasteiger partial charge on any atom is 0.417 e. The molecule has 0 aliphatic rings. The molecule has 1 aromatic rings. The third-order valence-electron chi connectivity index (χ3n) is 2.23. The van der Waals surface area contributed by atoms with Crippen LogP contribution in [0.2, 0.25) is 0 Å². The molecule has 0 saturated heterocycles. The van der Waals surface area contributed by atoms with Crippen LogP contribution < -0.4 is 0 Å². The van der Waals surface area contributed by atoms with Gasteiger partial charge in [-0.1, -0.05) is 0 Å². The monoisotopic (exact) mass is 309 g/mol. The quantitative estimate of drug-likeness (QED) is 0.487. The van der Waals surface area contributed by atoms with Crippen molar-refractivity contribution in [3.63, 3.8) is 0 Å². The molecule has 0 bridgehead atoms. The van der Waals surface area contributed by atoms with Gasteiger partial charge >= 0.3 is 12.4 Å². The van der Waals surface area contributed by atoms with E-state index in [2.05, 4.69) is 0 Å². The minimum Gasteiger partial charge on any atom is -0.166 e. The molecule has 0 fully saturated rings. The zero-order valence-corrected chi connectivity index (χ0v) is 10.2. The van der Waals surface area contributed by atoms with Gasteiger partial charge in [-0.2, -0.15) is 26.3 Å². The zero-order valence-electron chi connectivity index (χ0n) is 8.68. The van der Waals surface area contributed by atoms with Gasteiger partial charge in [0.25, 0.3) is 0 Å². The van der Waals surface area contributed by atoms with Gasteiger partial charge in [0.2, 0.25) is 0 Å². The molecule has 18 heavy (non-hydrogen) atoms. The Labute approximate surface area is 108 Å². The molecular weight excluding hydrogens is 305 g/mol. The topological polar surface area (TPSA) is 0 Å². The van der Waals surface area contributed by atoms with Crippen LogP contribution in [0, 0.1) is 13.0 Å². The van der Waals surface area contributed by atoms with E-state index in [4.69, 9.17) is 23.2 Å². The van der Waals surface area contributed by atoms with Gasteiger partial charge in [-0.25, -0.2) is 0 Å². The molecule has 0 N–H and O–H groups in total. The molecule has 1 radical (unpaired) electrons. The fourth-order valence-corrected chi connectivity index (χ4v) is 1.84. The number of rotatable bonds is 1. The number of hydrogen-bond donors (Lipinski definition) is 0. The van der Waals surface area contributed by atoms with Crippen molar-refractivity contribution in [2.24, 2.45) is 0 Å². The third-order valence-corrected chi connectivity index (χ3v) is 2.66. The minimum atomic E-state index is -4.99. The van der Waals surface area contributed by atoms with Crippen LogP contribution >= 0.6 is 23.2 Å². The summed E-state index contributed by atoms with van der Waals surface area (Å²) in [5, 5.41) is 0. The molecule has 0 spiro atoms. The van der Waals surface area contributed by atoms with Gasteiger partial charge in [0.15, 0.2) is 0 Å². The van der Waals surface area contributed by atoms with Crippen molar-refractivity contribution in [3.05, 3.63) is 34.4 Å². The molecule has 0 unspecified atom stereocenters. The van der Waals surface area contributed by atoms with Gasteiger partial charge in [-0.3, -0.25) is 0 Å². The zero-order chi connectivity index (χ0) is 14.3. The highest BCUT2D eigenvalue weighted by molar-refractivity contribution is 6.44. The van der Waals surface area contributed by atoms with E-state index in [1.165, 1.54) is 0 Å². The number of benzene rings is 1. The van der Waals surface area contributed by atoms with E-state index in [-0.39, 0.29) is 0 Å². The Hall–Kier alpha value is -0.620. The molecule has 8 heteroatoms. The summed E-state index contributed by atoms with van der Waals surface area (Å²) >= 11 is 10.6. The van der Waals surface area contributed by atoms with E-state index >= 15 is 0 Å². The number of hydrogen-bond acceptors (Lipinski definition) is 0. The largest absolute Gasteiger partial charge is 0.417 e. The molecule has 0 aliphatic heterocycles. The van der Waals surface area contributed by atoms with Crippen LogP contribution in [0.3, 0.4) is 0 Å². The van der Waals surface area contributed by atoms with Crippen molar-refractivity contribution in [1.29, 1.82) is 0 Å². The highest BCUT2D eigenvalue weighted by Gasteiger charge is 2.41. The van der Waals surface area contributed by atoms with E-state index in [1.54, 1.807) is 0 Å². The van der Waals surface area contributed by atoms with Gasteiger partial charge in [-0.15, -0.1) is 23.2 Å². The second-order valence-electron chi connectivity index (χ2n) is 3.41. The molecule has 1 aromatic carbocycles.